The average Bonchev–Trinajstić information content (AvgIpc) is 3.08. The van der Waals surface area contributed by atoms with Gasteiger partial charge in [-0.3, -0.25) is 4.90 Å². The molecular weight excluding hydrogens is 342 g/mol. The Bertz CT molecular complexity index is 737. The van der Waals surface area contributed by atoms with Crippen LogP contribution in [0.4, 0.5) is 4.79 Å². The lowest BCUT2D eigenvalue weighted by molar-refractivity contribution is 0.0504. The van der Waals surface area contributed by atoms with Gasteiger partial charge in [-0.1, -0.05) is 30.3 Å². The van der Waals surface area contributed by atoms with E-state index < -0.39 is 5.60 Å². The molecule has 1 fully saturated rings. The topological polar surface area (TPSA) is 67.6 Å². The van der Waals surface area contributed by atoms with Crippen molar-refractivity contribution in [2.45, 2.75) is 45.8 Å². The van der Waals surface area contributed by atoms with E-state index in [1.165, 1.54) is 0 Å². The van der Waals surface area contributed by atoms with Crippen LogP contribution >= 0.6 is 0 Å². The predicted molar refractivity (Wildman–Crippen MR) is 104 cm³/mol. The zero-order valence-corrected chi connectivity index (χ0v) is 16.4. The van der Waals surface area contributed by atoms with Gasteiger partial charge < -0.3 is 14.5 Å². The minimum Gasteiger partial charge on any atom is -0.444 e. The largest absolute Gasteiger partial charge is 0.444 e. The molecule has 1 N–H and O–H groups in total. The van der Waals surface area contributed by atoms with E-state index in [-0.39, 0.29) is 6.09 Å². The van der Waals surface area contributed by atoms with Crippen molar-refractivity contribution in [2.24, 2.45) is 5.92 Å². The lowest BCUT2D eigenvalue weighted by Crippen LogP contribution is -2.41. The SMILES string of the molecule is CC(C)(C)OC(=O)NCC1CCCN(Cc2ncc(-c3ccccc3)o2)C1. The standard InChI is InChI=1S/C21H29N3O3/c1-21(2,3)27-20(25)23-12-16-8-7-11-24(14-16)15-19-22-13-18(26-19)17-9-5-4-6-10-17/h4-6,9-10,13,16H,7-8,11-12,14-15H2,1-3H3,(H,23,25). The fraction of sp³-hybridized carbons (Fsp3) is 0.524. The van der Waals surface area contributed by atoms with E-state index in [4.69, 9.17) is 9.15 Å². The molecule has 0 aliphatic carbocycles. The Kier molecular flexibility index (Phi) is 6.16. The van der Waals surface area contributed by atoms with E-state index in [1.54, 1.807) is 6.20 Å². The zero-order chi connectivity index (χ0) is 19.3. The van der Waals surface area contributed by atoms with Gasteiger partial charge >= 0.3 is 6.09 Å². The van der Waals surface area contributed by atoms with E-state index in [0.717, 1.165) is 43.1 Å². The van der Waals surface area contributed by atoms with Crippen molar-refractivity contribution in [1.29, 1.82) is 0 Å². The number of hydrogen-bond donors (Lipinski definition) is 1. The predicted octanol–water partition coefficient (Wildman–Crippen LogP) is 4.08. The number of oxazole rings is 1. The van der Waals surface area contributed by atoms with Crippen LogP contribution in [0.25, 0.3) is 11.3 Å². The van der Waals surface area contributed by atoms with Crippen LogP contribution in [0.15, 0.2) is 40.9 Å². The average molecular weight is 371 g/mol. The van der Waals surface area contributed by atoms with Crippen molar-refractivity contribution in [3.8, 4) is 11.3 Å². The van der Waals surface area contributed by atoms with Gasteiger partial charge in [0.05, 0.1) is 12.7 Å². The number of carbonyl (C=O) groups is 1. The highest BCUT2D eigenvalue weighted by molar-refractivity contribution is 5.67. The minimum atomic E-state index is -0.468. The number of nitrogens with one attached hydrogen (secondary N) is 1. The molecule has 3 rings (SSSR count). The summed E-state index contributed by atoms with van der Waals surface area (Å²) < 4.78 is 11.2. The van der Waals surface area contributed by atoms with Crippen molar-refractivity contribution in [2.75, 3.05) is 19.6 Å². The number of nitrogens with zero attached hydrogens (tertiary/aromatic N) is 2. The lowest BCUT2D eigenvalue weighted by atomic mass is 9.98. The highest BCUT2D eigenvalue weighted by Gasteiger charge is 2.23. The Labute approximate surface area is 160 Å². The van der Waals surface area contributed by atoms with E-state index in [0.29, 0.717) is 19.0 Å². The van der Waals surface area contributed by atoms with Crippen LogP contribution in [0.2, 0.25) is 0 Å². The minimum absolute atomic E-state index is 0.347. The third kappa shape index (κ3) is 6.10. The second-order valence-corrected chi connectivity index (χ2v) is 8.11. The Balaban J connectivity index is 1.49. The van der Waals surface area contributed by atoms with Gasteiger partial charge in [0.15, 0.2) is 5.76 Å². The molecule has 1 aromatic heterocycles. The van der Waals surface area contributed by atoms with Crippen LogP contribution in [-0.2, 0) is 11.3 Å². The monoisotopic (exact) mass is 371 g/mol. The fourth-order valence-electron chi connectivity index (χ4n) is 3.31. The molecule has 1 unspecified atom stereocenters. The molecular formula is C21H29N3O3. The fourth-order valence-corrected chi connectivity index (χ4v) is 3.31. The number of hydrogen-bond acceptors (Lipinski definition) is 5. The second-order valence-electron chi connectivity index (χ2n) is 8.11. The second kappa shape index (κ2) is 8.57. The van der Waals surface area contributed by atoms with E-state index >= 15 is 0 Å². The van der Waals surface area contributed by atoms with E-state index in [2.05, 4.69) is 15.2 Å². The van der Waals surface area contributed by atoms with Gasteiger partial charge in [-0.05, 0) is 46.1 Å². The Hall–Kier alpha value is -2.34. The molecule has 1 saturated heterocycles. The molecule has 146 valence electrons. The molecule has 1 aromatic carbocycles. The van der Waals surface area contributed by atoms with Crippen molar-refractivity contribution in [3.05, 3.63) is 42.4 Å². The summed E-state index contributed by atoms with van der Waals surface area (Å²) in [4.78, 5) is 18.6. The van der Waals surface area contributed by atoms with Gasteiger partial charge in [0.2, 0.25) is 5.89 Å². The molecule has 2 aromatic rings. The molecule has 1 aliphatic rings. The summed E-state index contributed by atoms with van der Waals surface area (Å²) in [6.45, 7) is 8.87. The number of benzene rings is 1. The number of alkyl carbamates (subject to hydrolysis) is 1. The highest BCUT2D eigenvalue weighted by Crippen LogP contribution is 2.22. The number of likely N-dealkylation sites (tertiary alicyclic amines) is 1. The van der Waals surface area contributed by atoms with Gasteiger partial charge in [0.25, 0.3) is 0 Å². The molecule has 1 atom stereocenters. The third-order valence-electron chi connectivity index (χ3n) is 4.51. The summed E-state index contributed by atoms with van der Waals surface area (Å²) in [5.41, 5.74) is 0.568. The first-order valence-electron chi connectivity index (χ1n) is 9.58. The molecule has 1 amide bonds. The molecule has 0 radical (unpaired) electrons. The van der Waals surface area contributed by atoms with Gasteiger partial charge in [-0.25, -0.2) is 9.78 Å². The van der Waals surface area contributed by atoms with Gasteiger partial charge in [-0.15, -0.1) is 0 Å². The molecule has 0 bridgehead atoms. The number of carbonyl (C=O) groups excluding carboxylic acids is 1. The van der Waals surface area contributed by atoms with E-state index in [9.17, 15) is 4.79 Å². The Morgan fingerprint density at radius 2 is 2.11 bits per heavy atom. The van der Waals surface area contributed by atoms with Crippen LogP contribution in [0.1, 0.15) is 39.5 Å². The van der Waals surface area contributed by atoms with Crippen LogP contribution < -0.4 is 5.32 Å². The molecule has 0 spiro atoms. The smallest absolute Gasteiger partial charge is 0.407 e. The number of aromatic nitrogens is 1. The Morgan fingerprint density at radius 1 is 1.33 bits per heavy atom. The summed E-state index contributed by atoms with van der Waals surface area (Å²) >= 11 is 0. The molecule has 6 nitrogen and oxygen atoms in total. The number of ether oxygens (including phenoxy) is 1. The van der Waals surface area contributed by atoms with Gasteiger partial charge in [0.1, 0.15) is 5.60 Å². The van der Waals surface area contributed by atoms with Crippen LogP contribution in [0.3, 0.4) is 0 Å². The van der Waals surface area contributed by atoms with Crippen LogP contribution in [0, 0.1) is 5.92 Å². The summed E-state index contributed by atoms with van der Waals surface area (Å²) in [6, 6.07) is 10.0. The molecule has 1 aliphatic heterocycles. The molecule has 0 saturated carbocycles. The molecule has 6 heteroatoms. The van der Waals surface area contributed by atoms with Gasteiger partial charge in [-0.2, -0.15) is 0 Å². The summed E-state index contributed by atoms with van der Waals surface area (Å²) in [7, 11) is 0. The van der Waals surface area contributed by atoms with Crippen molar-refractivity contribution < 1.29 is 13.9 Å². The molecule has 2 heterocycles. The maximum Gasteiger partial charge on any atom is 0.407 e. The number of rotatable bonds is 5. The maximum atomic E-state index is 11.8. The highest BCUT2D eigenvalue weighted by atomic mass is 16.6. The van der Waals surface area contributed by atoms with Crippen molar-refractivity contribution in [3.63, 3.8) is 0 Å². The Morgan fingerprint density at radius 3 is 2.85 bits per heavy atom. The first-order chi connectivity index (χ1) is 12.9. The van der Waals surface area contributed by atoms with Crippen molar-refractivity contribution in [1.82, 2.24) is 15.2 Å². The molecule has 27 heavy (non-hydrogen) atoms. The zero-order valence-electron chi connectivity index (χ0n) is 16.4. The summed E-state index contributed by atoms with van der Waals surface area (Å²) in [5, 5.41) is 2.89. The van der Waals surface area contributed by atoms with Crippen LogP contribution in [0.5, 0.6) is 0 Å². The third-order valence-corrected chi connectivity index (χ3v) is 4.51. The maximum absolute atomic E-state index is 11.8. The van der Waals surface area contributed by atoms with Crippen LogP contribution in [-0.4, -0.2) is 41.2 Å². The summed E-state index contributed by atoms with van der Waals surface area (Å²) in [6.07, 6.45) is 3.65. The lowest BCUT2D eigenvalue weighted by Gasteiger charge is -2.32. The number of amides is 1. The summed E-state index contributed by atoms with van der Waals surface area (Å²) in [5.74, 6) is 1.94. The first-order valence-corrected chi connectivity index (χ1v) is 9.58. The van der Waals surface area contributed by atoms with Crippen molar-refractivity contribution >= 4 is 6.09 Å². The van der Waals surface area contributed by atoms with E-state index in [1.807, 2.05) is 51.1 Å². The normalized spacial score (nSPS) is 18.3. The number of piperidine rings is 1. The quantitative estimate of drug-likeness (QED) is 0.858. The van der Waals surface area contributed by atoms with Gasteiger partial charge in [0, 0.05) is 18.7 Å². The first kappa shape index (κ1) is 19.4.